The van der Waals surface area contributed by atoms with Crippen LogP contribution in [0.5, 0.6) is 0 Å². The first kappa shape index (κ1) is 31.9. The van der Waals surface area contributed by atoms with Gasteiger partial charge >= 0.3 is 5.97 Å². The summed E-state index contributed by atoms with van der Waals surface area (Å²) in [5.41, 5.74) is 3.40. The SMILES string of the molecule is CCOC(=O)c1ccc(N2C(=O)CC(Sc3cccc(NC(=O)/C(=C/c4ccc(C)cc4)NC(=O)c4ccccc4)c3)C2=O)cc1. The molecule has 1 heterocycles. The van der Waals surface area contributed by atoms with Crippen LogP contribution in [0.25, 0.3) is 6.08 Å². The topological polar surface area (TPSA) is 122 Å². The van der Waals surface area contributed by atoms with Gasteiger partial charge in [0.1, 0.15) is 5.70 Å². The van der Waals surface area contributed by atoms with Crippen molar-refractivity contribution in [2.24, 2.45) is 0 Å². The monoisotopic (exact) mass is 633 g/mol. The first-order valence-electron chi connectivity index (χ1n) is 14.6. The van der Waals surface area contributed by atoms with Gasteiger partial charge in [-0.2, -0.15) is 0 Å². The van der Waals surface area contributed by atoms with Gasteiger partial charge in [-0.25, -0.2) is 9.69 Å². The zero-order valence-electron chi connectivity index (χ0n) is 25.2. The lowest BCUT2D eigenvalue weighted by atomic mass is 10.1. The van der Waals surface area contributed by atoms with Crippen LogP contribution in [0.2, 0.25) is 0 Å². The summed E-state index contributed by atoms with van der Waals surface area (Å²) in [6.07, 6.45) is 1.60. The Kier molecular flexibility index (Phi) is 10.1. The number of rotatable bonds is 10. The van der Waals surface area contributed by atoms with Gasteiger partial charge in [-0.1, -0.05) is 54.1 Å². The average Bonchev–Trinajstić information content (AvgIpc) is 3.34. The molecule has 9 nitrogen and oxygen atoms in total. The highest BCUT2D eigenvalue weighted by Crippen LogP contribution is 2.35. The second-order valence-electron chi connectivity index (χ2n) is 10.4. The Bertz CT molecular complexity index is 1800. The quantitative estimate of drug-likeness (QED) is 0.125. The lowest BCUT2D eigenvalue weighted by Crippen LogP contribution is -2.31. The van der Waals surface area contributed by atoms with E-state index in [1.54, 1.807) is 79.7 Å². The molecule has 1 aliphatic rings. The first-order valence-corrected chi connectivity index (χ1v) is 15.5. The number of carbonyl (C=O) groups excluding carboxylic acids is 5. The van der Waals surface area contributed by atoms with Crippen molar-refractivity contribution in [3.63, 3.8) is 0 Å². The maximum atomic E-state index is 13.5. The number of imide groups is 1. The zero-order valence-corrected chi connectivity index (χ0v) is 26.0. The average molecular weight is 634 g/mol. The van der Waals surface area contributed by atoms with Gasteiger partial charge in [-0.05, 0) is 80.1 Å². The van der Waals surface area contributed by atoms with Gasteiger partial charge < -0.3 is 15.4 Å². The van der Waals surface area contributed by atoms with Gasteiger partial charge in [0.05, 0.1) is 23.1 Å². The largest absolute Gasteiger partial charge is 0.462 e. The minimum absolute atomic E-state index is 0.00529. The summed E-state index contributed by atoms with van der Waals surface area (Å²) in [6, 6.07) is 29.2. The zero-order chi connectivity index (χ0) is 32.6. The van der Waals surface area contributed by atoms with E-state index < -0.39 is 23.0 Å². The molecule has 1 unspecified atom stereocenters. The third-order valence-electron chi connectivity index (χ3n) is 7.03. The first-order chi connectivity index (χ1) is 22.2. The summed E-state index contributed by atoms with van der Waals surface area (Å²) in [7, 11) is 0. The second-order valence-corrected chi connectivity index (χ2v) is 11.7. The van der Waals surface area contributed by atoms with Crippen LogP contribution >= 0.6 is 11.8 Å². The summed E-state index contributed by atoms with van der Waals surface area (Å²) in [6.45, 7) is 3.91. The van der Waals surface area contributed by atoms with Crippen molar-refractivity contribution in [3.05, 3.63) is 131 Å². The number of ether oxygens (including phenoxy) is 1. The van der Waals surface area contributed by atoms with Gasteiger partial charge in [0, 0.05) is 22.6 Å². The predicted octanol–water partition coefficient (Wildman–Crippen LogP) is 6.01. The number of thioether (sulfide) groups is 1. The molecule has 232 valence electrons. The van der Waals surface area contributed by atoms with Gasteiger partial charge in [-0.3, -0.25) is 19.2 Å². The number of nitrogens with zero attached hydrogens (tertiary/aromatic N) is 1. The summed E-state index contributed by atoms with van der Waals surface area (Å²) in [5.74, 6) is -2.17. The molecule has 0 aromatic heterocycles. The Morgan fingerprint density at radius 2 is 1.61 bits per heavy atom. The number of benzene rings is 4. The van der Waals surface area contributed by atoms with Gasteiger partial charge in [0.15, 0.2) is 0 Å². The third kappa shape index (κ3) is 7.77. The van der Waals surface area contributed by atoms with Crippen LogP contribution in [0, 0.1) is 6.92 Å². The molecule has 4 amide bonds. The predicted molar refractivity (Wildman–Crippen MR) is 177 cm³/mol. The molecule has 4 aromatic rings. The molecule has 10 heteroatoms. The van der Waals surface area contributed by atoms with E-state index in [1.807, 2.05) is 31.2 Å². The van der Waals surface area contributed by atoms with Gasteiger partial charge in [0.25, 0.3) is 11.8 Å². The highest BCUT2D eigenvalue weighted by atomic mass is 32.2. The van der Waals surface area contributed by atoms with Gasteiger partial charge in [0.2, 0.25) is 11.8 Å². The fourth-order valence-electron chi connectivity index (χ4n) is 4.71. The number of esters is 1. The van der Waals surface area contributed by atoms with E-state index in [2.05, 4.69) is 10.6 Å². The highest BCUT2D eigenvalue weighted by molar-refractivity contribution is 8.00. The Morgan fingerprint density at radius 1 is 0.891 bits per heavy atom. The lowest BCUT2D eigenvalue weighted by Gasteiger charge is -2.15. The molecule has 4 aromatic carbocycles. The maximum absolute atomic E-state index is 13.5. The van der Waals surface area contributed by atoms with Crippen molar-refractivity contribution < 1.29 is 28.7 Å². The molecule has 1 atom stereocenters. The molecule has 2 N–H and O–H groups in total. The van der Waals surface area contributed by atoms with Crippen LogP contribution in [-0.4, -0.2) is 41.5 Å². The van der Waals surface area contributed by atoms with Crippen molar-refractivity contribution in [1.82, 2.24) is 5.32 Å². The second kappa shape index (κ2) is 14.5. The van der Waals surface area contributed by atoms with Crippen molar-refractivity contribution in [3.8, 4) is 0 Å². The molecule has 1 fully saturated rings. The molecule has 0 saturated carbocycles. The molecule has 0 radical (unpaired) electrons. The molecular formula is C36H31N3O6S. The van der Waals surface area contributed by atoms with Crippen LogP contribution in [0.15, 0.2) is 114 Å². The number of hydrogen-bond acceptors (Lipinski definition) is 7. The maximum Gasteiger partial charge on any atom is 0.338 e. The van der Waals surface area contributed by atoms with Crippen molar-refractivity contribution >= 4 is 58.8 Å². The van der Waals surface area contributed by atoms with Crippen LogP contribution in [0.1, 0.15) is 45.2 Å². The van der Waals surface area contributed by atoms with Crippen LogP contribution in [0.4, 0.5) is 11.4 Å². The van der Waals surface area contributed by atoms with Crippen LogP contribution in [0.3, 0.4) is 0 Å². The normalized spacial score (nSPS) is 14.6. The minimum atomic E-state index is -0.676. The van der Waals surface area contributed by atoms with Crippen molar-refractivity contribution in [2.75, 3.05) is 16.8 Å². The molecule has 46 heavy (non-hydrogen) atoms. The van der Waals surface area contributed by atoms with E-state index in [-0.39, 0.29) is 30.5 Å². The molecule has 0 spiro atoms. The van der Waals surface area contributed by atoms with Gasteiger partial charge in [-0.15, -0.1) is 11.8 Å². The third-order valence-corrected chi connectivity index (χ3v) is 8.21. The van der Waals surface area contributed by atoms with E-state index in [0.717, 1.165) is 16.0 Å². The fourth-order valence-corrected chi connectivity index (χ4v) is 5.82. The molecule has 0 bridgehead atoms. The Labute approximate surface area is 270 Å². The summed E-state index contributed by atoms with van der Waals surface area (Å²) in [5, 5.41) is 4.89. The van der Waals surface area contributed by atoms with E-state index in [4.69, 9.17) is 4.74 Å². The Morgan fingerprint density at radius 3 is 2.30 bits per heavy atom. The molecule has 1 saturated heterocycles. The highest BCUT2D eigenvalue weighted by Gasteiger charge is 2.40. The lowest BCUT2D eigenvalue weighted by molar-refractivity contribution is -0.121. The number of carbonyl (C=O) groups is 5. The van der Waals surface area contributed by atoms with E-state index in [0.29, 0.717) is 27.4 Å². The standard InChI is InChI=1S/C36H31N3O6S/c1-3-45-36(44)26-16-18-28(19-17-26)39-32(40)22-31(35(39)43)46-29-11-7-10-27(21-29)37-34(42)30(20-24-14-12-23(2)13-15-24)38-33(41)25-8-5-4-6-9-25/h4-21,31H,3,22H2,1-2H3,(H,37,42)(H,38,41)/b30-20-. The minimum Gasteiger partial charge on any atom is -0.462 e. The number of aryl methyl sites for hydroxylation is 1. The number of amides is 4. The molecule has 0 aliphatic carbocycles. The number of nitrogens with one attached hydrogen (secondary N) is 2. The smallest absolute Gasteiger partial charge is 0.338 e. The molecule has 5 rings (SSSR count). The van der Waals surface area contributed by atoms with E-state index in [9.17, 15) is 24.0 Å². The molecule has 1 aliphatic heterocycles. The number of anilines is 2. The van der Waals surface area contributed by atoms with Crippen LogP contribution < -0.4 is 15.5 Å². The molecular weight excluding hydrogens is 602 g/mol. The van der Waals surface area contributed by atoms with E-state index >= 15 is 0 Å². The van der Waals surface area contributed by atoms with E-state index in [1.165, 1.54) is 23.9 Å². The summed E-state index contributed by atoms with van der Waals surface area (Å²) < 4.78 is 4.99. The fraction of sp³-hybridized carbons (Fsp3) is 0.139. The van der Waals surface area contributed by atoms with Crippen molar-refractivity contribution in [1.29, 1.82) is 0 Å². The Balaban J connectivity index is 1.29. The number of hydrogen-bond donors (Lipinski definition) is 2. The van der Waals surface area contributed by atoms with Crippen LogP contribution in [-0.2, 0) is 19.1 Å². The summed E-state index contributed by atoms with van der Waals surface area (Å²) in [4.78, 5) is 66.3. The summed E-state index contributed by atoms with van der Waals surface area (Å²) >= 11 is 1.22. The Hall–Kier alpha value is -5.48. The van der Waals surface area contributed by atoms with Crippen molar-refractivity contribution in [2.45, 2.75) is 30.4 Å².